The van der Waals surface area contributed by atoms with Crippen molar-refractivity contribution in [1.29, 1.82) is 5.26 Å². The molecule has 10 heteroatoms. The van der Waals surface area contributed by atoms with Crippen LogP contribution in [0.3, 0.4) is 0 Å². The highest BCUT2D eigenvalue weighted by atomic mass is 32.2. The molecule has 4 aromatic rings. The van der Waals surface area contributed by atoms with Crippen LogP contribution >= 0.6 is 11.8 Å². The van der Waals surface area contributed by atoms with Crippen molar-refractivity contribution in [3.8, 4) is 17.3 Å². The number of nitrogens with zero attached hydrogens (tertiary/aromatic N) is 7. The number of anilines is 1. The molecule has 5 heterocycles. The lowest BCUT2D eigenvalue weighted by molar-refractivity contribution is 0.331. The zero-order chi connectivity index (χ0) is 22.9. The summed E-state index contributed by atoms with van der Waals surface area (Å²) in [6, 6.07) is 5.68. The van der Waals surface area contributed by atoms with Gasteiger partial charge in [-0.1, -0.05) is 0 Å². The molecule has 168 valence electrons. The summed E-state index contributed by atoms with van der Waals surface area (Å²) in [7, 11) is 0. The molecule has 1 fully saturated rings. The minimum atomic E-state index is -0.302. The Hall–Kier alpha value is -3.45. The summed E-state index contributed by atoms with van der Waals surface area (Å²) in [5, 5.41) is 15.9. The molecule has 0 amide bonds. The molecule has 33 heavy (non-hydrogen) atoms. The van der Waals surface area contributed by atoms with Gasteiger partial charge in [-0.3, -0.25) is 4.68 Å². The molecule has 5 rings (SSSR count). The molecular weight excluding hydrogens is 439 g/mol. The van der Waals surface area contributed by atoms with Gasteiger partial charge in [0.1, 0.15) is 17.0 Å². The zero-order valence-electron chi connectivity index (χ0n) is 18.4. The first kappa shape index (κ1) is 21.4. The minimum absolute atomic E-state index is 0.120. The van der Waals surface area contributed by atoms with E-state index in [1.165, 1.54) is 18.1 Å². The van der Waals surface area contributed by atoms with Crippen LogP contribution in [0.4, 0.5) is 10.2 Å². The van der Waals surface area contributed by atoms with Gasteiger partial charge in [0, 0.05) is 42.4 Å². The number of hydrogen-bond acceptors (Lipinski definition) is 7. The van der Waals surface area contributed by atoms with Crippen molar-refractivity contribution in [2.24, 2.45) is 5.92 Å². The van der Waals surface area contributed by atoms with E-state index >= 15 is 0 Å². The molecule has 2 atom stereocenters. The summed E-state index contributed by atoms with van der Waals surface area (Å²) in [4.78, 5) is 18.3. The lowest BCUT2D eigenvalue weighted by Gasteiger charge is -2.23. The van der Waals surface area contributed by atoms with Crippen molar-refractivity contribution >= 4 is 28.6 Å². The summed E-state index contributed by atoms with van der Waals surface area (Å²) in [5.74, 6) is 0.235. The molecule has 1 aliphatic heterocycles. The van der Waals surface area contributed by atoms with Gasteiger partial charge in [-0.05, 0) is 37.3 Å². The fourth-order valence-electron chi connectivity index (χ4n) is 4.59. The highest BCUT2D eigenvalue weighted by Gasteiger charge is 2.33. The van der Waals surface area contributed by atoms with Gasteiger partial charge in [0.15, 0.2) is 11.6 Å². The van der Waals surface area contributed by atoms with Crippen molar-refractivity contribution in [3.63, 3.8) is 0 Å². The summed E-state index contributed by atoms with van der Waals surface area (Å²) < 4.78 is 16.6. The number of fused-ring (bicyclic) bond motifs is 1. The van der Waals surface area contributed by atoms with E-state index in [2.05, 4.69) is 31.1 Å². The van der Waals surface area contributed by atoms with E-state index in [0.29, 0.717) is 25.3 Å². The lowest BCUT2D eigenvalue weighted by atomic mass is 9.96. The highest BCUT2D eigenvalue weighted by Crippen LogP contribution is 2.35. The quantitative estimate of drug-likeness (QED) is 0.425. The van der Waals surface area contributed by atoms with Crippen molar-refractivity contribution in [1.82, 2.24) is 29.7 Å². The average molecular weight is 463 g/mol. The summed E-state index contributed by atoms with van der Waals surface area (Å²) in [5.41, 5.74) is 3.28. The Morgan fingerprint density at radius 3 is 3.09 bits per heavy atom. The van der Waals surface area contributed by atoms with E-state index in [1.54, 1.807) is 12.3 Å². The van der Waals surface area contributed by atoms with Crippen LogP contribution < -0.4 is 4.90 Å². The molecule has 0 spiro atoms. The summed E-state index contributed by atoms with van der Waals surface area (Å²) in [6.45, 7) is 3.19. The molecular formula is C23H23FN8S. The van der Waals surface area contributed by atoms with Crippen LogP contribution in [-0.4, -0.2) is 49.1 Å². The Balaban J connectivity index is 1.41. The van der Waals surface area contributed by atoms with E-state index < -0.39 is 0 Å². The lowest BCUT2D eigenvalue weighted by Crippen LogP contribution is -2.26. The van der Waals surface area contributed by atoms with Crippen LogP contribution in [0, 0.1) is 30.0 Å². The SMILES string of the molecule is CSc1nc(N2CC[C@H]([C@H](CC#N)n3cc(-c4ncnc5[nH]ccc45)cn3)C2)c(F)cc1C. The standard InChI is InChI=1S/C23H23FN8S/c1-14-9-18(24)22(30-23(14)33-2)31-8-5-15(11-31)19(3-6-25)32-12-16(10-29-32)20-17-4-7-26-21(17)28-13-27-20/h4,7,9-10,12-13,15,19H,3,5,8,11H2,1-2H3,(H,26,27,28)/t15-,19-/m0/s1. The fourth-order valence-corrected chi connectivity index (χ4v) is 5.15. The topological polar surface area (TPSA) is 99.3 Å². The summed E-state index contributed by atoms with van der Waals surface area (Å²) >= 11 is 1.52. The van der Waals surface area contributed by atoms with Gasteiger partial charge in [0.25, 0.3) is 0 Å². The van der Waals surface area contributed by atoms with Crippen molar-refractivity contribution in [3.05, 3.63) is 48.4 Å². The Kier molecular flexibility index (Phi) is 5.72. The smallest absolute Gasteiger partial charge is 0.166 e. The predicted octanol–water partition coefficient (Wildman–Crippen LogP) is 4.37. The third kappa shape index (κ3) is 3.93. The number of pyridine rings is 1. The molecule has 1 aliphatic rings. The monoisotopic (exact) mass is 462 g/mol. The van der Waals surface area contributed by atoms with Crippen LogP contribution in [0.1, 0.15) is 24.4 Å². The number of rotatable bonds is 6. The fraction of sp³-hybridized carbons (Fsp3) is 0.348. The van der Waals surface area contributed by atoms with Gasteiger partial charge in [-0.15, -0.1) is 11.8 Å². The maximum Gasteiger partial charge on any atom is 0.166 e. The minimum Gasteiger partial charge on any atom is -0.354 e. The van der Waals surface area contributed by atoms with E-state index in [4.69, 9.17) is 0 Å². The van der Waals surface area contributed by atoms with Gasteiger partial charge in [0.05, 0.1) is 30.4 Å². The third-order valence-electron chi connectivity index (χ3n) is 6.23. The number of H-pyrrole nitrogens is 1. The van der Waals surface area contributed by atoms with Crippen LogP contribution in [0.25, 0.3) is 22.3 Å². The Morgan fingerprint density at radius 2 is 2.27 bits per heavy atom. The molecule has 0 radical (unpaired) electrons. The molecule has 4 aromatic heterocycles. The Labute approximate surface area is 194 Å². The maximum atomic E-state index is 14.7. The molecule has 0 bridgehead atoms. The third-order valence-corrected chi connectivity index (χ3v) is 7.03. The first-order valence-electron chi connectivity index (χ1n) is 10.7. The van der Waals surface area contributed by atoms with E-state index in [9.17, 15) is 9.65 Å². The van der Waals surface area contributed by atoms with Crippen LogP contribution in [0.5, 0.6) is 0 Å². The van der Waals surface area contributed by atoms with Gasteiger partial charge < -0.3 is 9.88 Å². The number of nitrogens with one attached hydrogen (secondary N) is 1. The molecule has 0 saturated carbocycles. The second kappa shape index (κ2) is 8.83. The number of hydrogen-bond donors (Lipinski definition) is 1. The molecule has 0 aliphatic carbocycles. The van der Waals surface area contributed by atoms with Crippen LogP contribution in [0.15, 0.2) is 42.1 Å². The van der Waals surface area contributed by atoms with Crippen LogP contribution in [-0.2, 0) is 0 Å². The molecule has 1 saturated heterocycles. The highest BCUT2D eigenvalue weighted by molar-refractivity contribution is 7.98. The van der Waals surface area contributed by atoms with Gasteiger partial charge in [-0.2, -0.15) is 10.4 Å². The largest absolute Gasteiger partial charge is 0.354 e. The van der Waals surface area contributed by atoms with E-state index in [-0.39, 0.29) is 17.8 Å². The molecule has 0 aromatic carbocycles. The molecule has 1 N–H and O–H groups in total. The Bertz CT molecular complexity index is 1340. The first-order valence-corrected chi connectivity index (χ1v) is 12.0. The first-order chi connectivity index (χ1) is 16.1. The Morgan fingerprint density at radius 1 is 1.39 bits per heavy atom. The number of thioether (sulfide) groups is 1. The van der Waals surface area contributed by atoms with E-state index in [0.717, 1.165) is 39.3 Å². The summed E-state index contributed by atoms with van der Waals surface area (Å²) in [6.07, 6.45) is 10.2. The number of aryl methyl sites for hydroxylation is 1. The van der Waals surface area contributed by atoms with Crippen molar-refractivity contribution in [2.75, 3.05) is 24.2 Å². The second-order valence-corrected chi connectivity index (χ2v) is 9.01. The van der Waals surface area contributed by atoms with Gasteiger partial charge >= 0.3 is 0 Å². The number of aromatic nitrogens is 6. The van der Waals surface area contributed by atoms with Crippen molar-refractivity contribution in [2.45, 2.75) is 30.8 Å². The average Bonchev–Trinajstić information content (AvgIpc) is 3.58. The molecule has 8 nitrogen and oxygen atoms in total. The van der Waals surface area contributed by atoms with Crippen molar-refractivity contribution < 1.29 is 4.39 Å². The number of halogens is 1. The van der Waals surface area contributed by atoms with E-state index in [1.807, 2.05) is 41.2 Å². The predicted molar refractivity (Wildman–Crippen MR) is 125 cm³/mol. The second-order valence-electron chi connectivity index (χ2n) is 8.22. The normalized spacial score (nSPS) is 16.9. The number of nitriles is 1. The zero-order valence-corrected chi connectivity index (χ0v) is 19.2. The maximum absolute atomic E-state index is 14.7. The van der Waals surface area contributed by atoms with Crippen LogP contribution in [0.2, 0.25) is 0 Å². The number of aromatic amines is 1. The molecule has 0 unspecified atom stereocenters. The van der Waals surface area contributed by atoms with Gasteiger partial charge in [0.2, 0.25) is 0 Å². The van der Waals surface area contributed by atoms with Gasteiger partial charge in [-0.25, -0.2) is 19.3 Å².